The van der Waals surface area contributed by atoms with Crippen LogP contribution in [0.5, 0.6) is 5.75 Å². The lowest BCUT2D eigenvalue weighted by Crippen LogP contribution is -2.39. The van der Waals surface area contributed by atoms with Crippen LogP contribution in [0.25, 0.3) is 0 Å². The van der Waals surface area contributed by atoms with Crippen LogP contribution in [0.15, 0.2) is 24.3 Å². The van der Waals surface area contributed by atoms with E-state index in [2.05, 4.69) is 12.2 Å². The Morgan fingerprint density at radius 2 is 2.05 bits per heavy atom. The van der Waals surface area contributed by atoms with E-state index >= 15 is 0 Å². The van der Waals surface area contributed by atoms with Crippen molar-refractivity contribution in [2.45, 2.75) is 58.1 Å². The van der Waals surface area contributed by atoms with E-state index in [4.69, 9.17) is 4.74 Å². The van der Waals surface area contributed by atoms with Gasteiger partial charge in [-0.15, -0.1) is 0 Å². The van der Waals surface area contributed by atoms with E-state index < -0.39 is 6.10 Å². The van der Waals surface area contributed by atoms with Gasteiger partial charge in [-0.2, -0.15) is 0 Å². The molecule has 0 aliphatic heterocycles. The summed E-state index contributed by atoms with van der Waals surface area (Å²) in [5, 5.41) is 13.5. The van der Waals surface area contributed by atoms with Gasteiger partial charge in [0.25, 0.3) is 0 Å². The minimum Gasteiger partial charge on any atom is -0.491 e. The standard InChI is InChI=1S/C18H29NO2/c1-3-15-7-9-16(10-8-15)19-12-17(20)13-21-18-6-4-5-14(2)11-18/h4-6,11,15-17,19-20H,3,7-10,12-13H2,1-2H3. The van der Waals surface area contributed by atoms with Crippen LogP contribution in [-0.4, -0.2) is 30.4 Å². The van der Waals surface area contributed by atoms with E-state index in [1.54, 1.807) is 0 Å². The van der Waals surface area contributed by atoms with Crippen molar-refractivity contribution in [3.8, 4) is 5.75 Å². The van der Waals surface area contributed by atoms with Crippen molar-refractivity contribution >= 4 is 0 Å². The molecule has 2 N–H and O–H groups in total. The molecule has 1 aliphatic rings. The van der Waals surface area contributed by atoms with Gasteiger partial charge < -0.3 is 15.2 Å². The summed E-state index contributed by atoms with van der Waals surface area (Å²) in [7, 11) is 0. The molecule has 21 heavy (non-hydrogen) atoms. The topological polar surface area (TPSA) is 41.5 Å². The number of nitrogens with one attached hydrogen (secondary N) is 1. The summed E-state index contributed by atoms with van der Waals surface area (Å²) in [5.74, 6) is 1.75. The zero-order valence-corrected chi connectivity index (χ0v) is 13.3. The molecule has 0 amide bonds. The van der Waals surface area contributed by atoms with Crippen LogP contribution in [0.3, 0.4) is 0 Å². The van der Waals surface area contributed by atoms with Gasteiger partial charge in [-0.25, -0.2) is 0 Å². The lowest BCUT2D eigenvalue weighted by atomic mass is 9.84. The maximum Gasteiger partial charge on any atom is 0.119 e. The SMILES string of the molecule is CCC1CCC(NCC(O)COc2cccc(C)c2)CC1. The zero-order valence-electron chi connectivity index (χ0n) is 13.3. The van der Waals surface area contributed by atoms with E-state index in [0.29, 0.717) is 19.2 Å². The predicted molar refractivity (Wildman–Crippen MR) is 86.7 cm³/mol. The fourth-order valence-electron chi connectivity index (χ4n) is 3.03. The van der Waals surface area contributed by atoms with Gasteiger partial charge in [-0.05, 0) is 56.2 Å². The number of hydrogen-bond acceptors (Lipinski definition) is 3. The largest absolute Gasteiger partial charge is 0.491 e. The number of benzene rings is 1. The third-order valence-electron chi connectivity index (χ3n) is 4.50. The highest BCUT2D eigenvalue weighted by molar-refractivity contribution is 5.27. The Balaban J connectivity index is 1.62. The van der Waals surface area contributed by atoms with Crippen molar-refractivity contribution in [3.05, 3.63) is 29.8 Å². The molecule has 118 valence electrons. The highest BCUT2D eigenvalue weighted by Gasteiger charge is 2.20. The quantitative estimate of drug-likeness (QED) is 0.810. The molecule has 1 unspecified atom stereocenters. The third-order valence-corrected chi connectivity index (χ3v) is 4.50. The van der Waals surface area contributed by atoms with Crippen molar-refractivity contribution in [1.29, 1.82) is 0 Å². The molecule has 0 heterocycles. The highest BCUT2D eigenvalue weighted by Crippen LogP contribution is 2.26. The van der Waals surface area contributed by atoms with Crippen molar-refractivity contribution < 1.29 is 9.84 Å². The average molecular weight is 291 g/mol. The summed E-state index contributed by atoms with van der Waals surface area (Å²) in [4.78, 5) is 0. The van der Waals surface area contributed by atoms with Crippen LogP contribution in [0, 0.1) is 12.8 Å². The first-order chi connectivity index (χ1) is 10.2. The Morgan fingerprint density at radius 3 is 2.71 bits per heavy atom. The highest BCUT2D eigenvalue weighted by atomic mass is 16.5. The van der Waals surface area contributed by atoms with Crippen molar-refractivity contribution in [2.24, 2.45) is 5.92 Å². The number of hydrogen-bond donors (Lipinski definition) is 2. The van der Waals surface area contributed by atoms with Gasteiger partial charge in [-0.1, -0.05) is 25.5 Å². The molecule has 1 aromatic rings. The molecule has 1 fully saturated rings. The normalized spacial score (nSPS) is 23.8. The lowest BCUT2D eigenvalue weighted by Gasteiger charge is -2.29. The second kappa shape index (κ2) is 8.40. The van der Waals surface area contributed by atoms with Gasteiger partial charge in [0.05, 0.1) is 0 Å². The fraction of sp³-hybridized carbons (Fsp3) is 0.667. The molecule has 1 aromatic carbocycles. The van der Waals surface area contributed by atoms with Gasteiger partial charge in [0.15, 0.2) is 0 Å². The Labute approximate surface area is 128 Å². The minimum atomic E-state index is -0.450. The second-order valence-corrected chi connectivity index (χ2v) is 6.32. The van der Waals surface area contributed by atoms with Crippen LogP contribution in [0.1, 0.15) is 44.6 Å². The van der Waals surface area contributed by atoms with E-state index in [-0.39, 0.29) is 0 Å². The van der Waals surface area contributed by atoms with Crippen LogP contribution in [0.2, 0.25) is 0 Å². The fourth-order valence-corrected chi connectivity index (χ4v) is 3.03. The van der Waals surface area contributed by atoms with Crippen molar-refractivity contribution in [3.63, 3.8) is 0 Å². The Hall–Kier alpha value is -1.06. The molecule has 3 heteroatoms. The van der Waals surface area contributed by atoms with Crippen LogP contribution in [-0.2, 0) is 0 Å². The number of aryl methyl sites for hydroxylation is 1. The summed E-state index contributed by atoms with van der Waals surface area (Å²) in [6.07, 6.45) is 5.98. The Kier molecular flexibility index (Phi) is 6.52. The van der Waals surface area contributed by atoms with E-state index in [9.17, 15) is 5.11 Å². The molecular formula is C18H29NO2. The third kappa shape index (κ3) is 5.68. The number of aliphatic hydroxyl groups is 1. The van der Waals surface area contributed by atoms with E-state index in [1.165, 1.54) is 37.7 Å². The Morgan fingerprint density at radius 1 is 1.29 bits per heavy atom. The molecule has 3 nitrogen and oxygen atoms in total. The molecule has 0 aromatic heterocycles. The monoisotopic (exact) mass is 291 g/mol. The van der Waals surface area contributed by atoms with Gasteiger partial charge in [-0.3, -0.25) is 0 Å². The first kappa shape index (κ1) is 16.3. The van der Waals surface area contributed by atoms with Crippen LogP contribution in [0.4, 0.5) is 0 Å². The Bertz CT molecular complexity index is 413. The number of rotatable bonds is 7. The van der Waals surface area contributed by atoms with Gasteiger partial charge in [0.2, 0.25) is 0 Å². The molecule has 0 radical (unpaired) electrons. The number of aliphatic hydroxyl groups excluding tert-OH is 1. The average Bonchev–Trinajstić information content (AvgIpc) is 2.51. The van der Waals surface area contributed by atoms with Crippen molar-refractivity contribution in [1.82, 2.24) is 5.32 Å². The summed E-state index contributed by atoms with van der Waals surface area (Å²) in [6.45, 7) is 5.29. The molecule has 1 atom stereocenters. The molecule has 1 aliphatic carbocycles. The van der Waals surface area contributed by atoms with Crippen LogP contribution >= 0.6 is 0 Å². The van der Waals surface area contributed by atoms with E-state index in [0.717, 1.165) is 11.7 Å². The maximum absolute atomic E-state index is 10.0. The van der Waals surface area contributed by atoms with E-state index in [1.807, 2.05) is 31.2 Å². The van der Waals surface area contributed by atoms with Gasteiger partial charge in [0, 0.05) is 12.6 Å². The van der Waals surface area contributed by atoms with Crippen molar-refractivity contribution in [2.75, 3.05) is 13.2 Å². The van der Waals surface area contributed by atoms with Crippen LogP contribution < -0.4 is 10.1 Å². The molecular weight excluding hydrogens is 262 g/mol. The molecule has 0 saturated heterocycles. The smallest absolute Gasteiger partial charge is 0.119 e. The summed E-state index contributed by atoms with van der Waals surface area (Å²) in [6, 6.07) is 8.51. The van der Waals surface area contributed by atoms with Gasteiger partial charge >= 0.3 is 0 Å². The summed E-state index contributed by atoms with van der Waals surface area (Å²) in [5.41, 5.74) is 1.17. The molecule has 1 saturated carbocycles. The number of ether oxygens (including phenoxy) is 1. The summed E-state index contributed by atoms with van der Waals surface area (Å²) >= 11 is 0. The second-order valence-electron chi connectivity index (χ2n) is 6.32. The molecule has 0 bridgehead atoms. The van der Waals surface area contributed by atoms with Gasteiger partial charge in [0.1, 0.15) is 18.5 Å². The molecule has 2 rings (SSSR count). The maximum atomic E-state index is 10.0. The molecule has 0 spiro atoms. The predicted octanol–water partition coefficient (Wildman–Crippen LogP) is 3.29. The summed E-state index contributed by atoms with van der Waals surface area (Å²) < 4.78 is 5.63. The first-order valence-corrected chi connectivity index (χ1v) is 8.28. The minimum absolute atomic E-state index is 0.348. The first-order valence-electron chi connectivity index (χ1n) is 8.28. The zero-order chi connectivity index (χ0) is 15.1. The lowest BCUT2D eigenvalue weighted by molar-refractivity contribution is 0.100.